The fourth-order valence-electron chi connectivity index (χ4n) is 1.55. The molecule has 6 heteroatoms. The Hall–Kier alpha value is -2.26. The molecule has 0 aliphatic carbocycles. The maximum Gasteiger partial charge on any atom is 0.153 e. The van der Waals surface area contributed by atoms with E-state index in [2.05, 4.69) is 32.3 Å². The van der Waals surface area contributed by atoms with Crippen LogP contribution in [0.4, 0.5) is 17.2 Å². The molecule has 1 aromatic carbocycles. The van der Waals surface area contributed by atoms with Gasteiger partial charge in [0.05, 0.1) is 30.1 Å². The molecule has 0 radical (unpaired) electrons. The number of aromatic nitrogens is 1. The highest BCUT2D eigenvalue weighted by Gasteiger charge is 2.08. The molecule has 0 amide bonds. The second kappa shape index (κ2) is 5.59. The Morgan fingerprint density at radius 1 is 1.42 bits per heavy atom. The topological polar surface area (TPSA) is 84.0 Å². The van der Waals surface area contributed by atoms with E-state index >= 15 is 0 Å². The van der Waals surface area contributed by atoms with Crippen molar-refractivity contribution in [3.05, 3.63) is 40.5 Å². The molecule has 5 nitrogen and oxygen atoms in total. The molecular weight excluding hydrogens is 308 g/mol. The Kier molecular flexibility index (Phi) is 3.88. The molecule has 0 saturated heterocycles. The van der Waals surface area contributed by atoms with Crippen molar-refractivity contribution in [2.45, 2.75) is 0 Å². The van der Waals surface area contributed by atoms with Crippen LogP contribution < -0.4 is 15.8 Å². The van der Waals surface area contributed by atoms with Crippen molar-refractivity contribution in [1.29, 1.82) is 5.26 Å². The fraction of sp³-hybridized carbons (Fsp3) is 0.0769. The van der Waals surface area contributed by atoms with Crippen molar-refractivity contribution in [3.8, 4) is 11.8 Å². The number of hydrogen-bond acceptors (Lipinski definition) is 5. The summed E-state index contributed by atoms with van der Waals surface area (Å²) in [6.07, 6.45) is 1.65. The molecule has 19 heavy (non-hydrogen) atoms. The number of anilines is 3. The molecule has 0 spiro atoms. The first-order valence-corrected chi connectivity index (χ1v) is 6.19. The summed E-state index contributed by atoms with van der Waals surface area (Å²) in [5.41, 5.74) is 7.61. The quantitative estimate of drug-likeness (QED) is 0.908. The Morgan fingerprint density at radius 3 is 2.84 bits per heavy atom. The van der Waals surface area contributed by atoms with Crippen LogP contribution in [0.25, 0.3) is 0 Å². The van der Waals surface area contributed by atoms with Gasteiger partial charge in [-0.2, -0.15) is 5.26 Å². The van der Waals surface area contributed by atoms with Gasteiger partial charge in [0.1, 0.15) is 5.75 Å². The third kappa shape index (κ3) is 2.95. The van der Waals surface area contributed by atoms with Gasteiger partial charge in [-0.1, -0.05) is 0 Å². The van der Waals surface area contributed by atoms with Crippen LogP contribution in [0.2, 0.25) is 0 Å². The summed E-state index contributed by atoms with van der Waals surface area (Å²) in [5.74, 6) is 1.09. The number of pyridine rings is 1. The lowest BCUT2D eigenvalue weighted by molar-refractivity contribution is 0.416. The highest BCUT2D eigenvalue weighted by molar-refractivity contribution is 9.10. The van der Waals surface area contributed by atoms with E-state index in [1.54, 1.807) is 37.6 Å². The minimum atomic E-state index is 0.515. The lowest BCUT2D eigenvalue weighted by Gasteiger charge is -2.12. The van der Waals surface area contributed by atoms with Crippen molar-refractivity contribution >= 4 is 33.1 Å². The zero-order valence-corrected chi connectivity index (χ0v) is 11.7. The second-order valence-electron chi connectivity index (χ2n) is 3.74. The van der Waals surface area contributed by atoms with Crippen molar-refractivity contribution in [1.82, 2.24) is 4.98 Å². The number of rotatable bonds is 3. The highest BCUT2D eigenvalue weighted by atomic mass is 79.9. The minimum absolute atomic E-state index is 0.515. The van der Waals surface area contributed by atoms with Gasteiger partial charge in [-0.3, -0.25) is 0 Å². The van der Waals surface area contributed by atoms with Crippen LogP contribution in [0.15, 0.2) is 34.9 Å². The first-order chi connectivity index (χ1) is 9.13. The molecule has 0 atom stereocenters. The number of halogens is 1. The number of nitrogen functional groups attached to an aromatic ring is 1. The van der Waals surface area contributed by atoms with Crippen LogP contribution in [-0.2, 0) is 0 Å². The molecule has 0 unspecified atom stereocenters. The summed E-state index contributed by atoms with van der Waals surface area (Å²) < 4.78 is 6.04. The third-order valence-corrected chi connectivity index (χ3v) is 2.90. The van der Waals surface area contributed by atoms with E-state index in [1.807, 2.05) is 0 Å². The molecule has 3 N–H and O–H groups in total. The number of nitrogens with one attached hydrogen (secondary N) is 1. The normalized spacial score (nSPS) is 9.74. The van der Waals surface area contributed by atoms with E-state index in [9.17, 15) is 0 Å². The first-order valence-electron chi connectivity index (χ1n) is 5.40. The summed E-state index contributed by atoms with van der Waals surface area (Å²) >= 11 is 3.30. The van der Waals surface area contributed by atoms with Gasteiger partial charge < -0.3 is 15.8 Å². The largest absolute Gasteiger partial charge is 0.495 e. The Bertz CT molecular complexity index is 652. The lowest BCUT2D eigenvalue weighted by Crippen LogP contribution is -2.01. The summed E-state index contributed by atoms with van der Waals surface area (Å²) in [6, 6.07) is 8.91. The van der Waals surface area contributed by atoms with E-state index in [0.29, 0.717) is 28.5 Å². The standard InChI is InChI=1S/C13H11BrN4O/c1-19-12-4-8(6-15)2-3-11(12)18-13-10(16)5-9(14)7-17-13/h2-5,7H,16H2,1H3,(H,17,18). The number of benzene rings is 1. The van der Waals surface area contributed by atoms with Crippen LogP contribution in [0.3, 0.4) is 0 Å². The number of ether oxygens (including phenoxy) is 1. The van der Waals surface area contributed by atoms with Gasteiger partial charge in [-0.25, -0.2) is 4.98 Å². The van der Waals surface area contributed by atoms with Gasteiger partial charge in [0.25, 0.3) is 0 Å². The molecule has 1 aromatic heterocycles. The lowest BCUT2D eigenvalue weighted by atomic mass is 10.2. The molecule has 2 aromatic rings. The van der Waals surface area contributed by atoms with Crippen LogP contribution in [0, 0.1) is 11.3 Å². The van der Waals surface area contributed by atoms with E-state index < -0.39 is 0 Å². The van der Waals surface area contributed by atoms with E-state index in [-0.39, 0.29) is 0 Å². The Balaban J connectivity index is 2.35. The molecule has 0 fully saturated rings. The average molecular weight is 319 g/mol. The zero-order valence-electron chi connectivity index (χ0n) is 10.1. The molecule has 1 heterocycles. The van der Waals surface area contributed by atoms with Gasteiger partial charge in [-0.15, -0.1) is 0 Å². The molecule has 0 bridgehead atoms. The van der Waals surface area contributed by atoms with Crippen molar-refractivity contribution in [2.24, 2.45) is 0 Å². The molecule has 0 saturated carbocycles. The number of nitrogens with two attached hydrogens (primary N) is 1. The summed E-state index contributed by atoms with van der Waals surface area (Å²) in [6.45, 7) is 0. The minimum Gasteiger partial charge on any atom is -0.495 e. The summed E-state index contributed by atoms with van der Waals surface area (Å²) in [5, 5.41) is 11.9. The van der Waals surface area contributed by atoms with Gasteiger partial charge in [0.15, 0.2) is 5.82 Å². The van der Waals surface area contributed by atoms with Crippen molar-refractivity contribution in [3.63, 3.8) is 0 Å². The molecule has 0 aliphatic rings. The van der Waals surface area contributed by atoms with Gasteiger partial charge in [-0.05, 0) is 34.1 Å². The zero-order chi connectivity index (χ0) is 13.8. The number of methoxy groups -OCH3 is 1. The number of hydrogen-bond donors (Lipinski definition) is 2. The summed E-state index contributed by atoms with van der Waals surface area (Å²) in [7, 11) is 1.54. The van der Waals surface area contributed by atoms with Crippen LogP contribution in [0.1, 0.15) is 5.56 Å². The van der Waals surface area contributed by atoms with Crippen molar-refractivity contribution in [2.75, 3.05) is 18.2 Å². The first kappa shape index (κ1) is 13.2. The monoisotopic (exact) mass is 318 g/mol. The average Bonchev–Trinajstić information content (AvgIpc) is 2.42. The smallest absolute Gasteiger partial charge is 0.153 e. The molecule has 0 aliphatic heterocycles. The Morgan fingerprint density at radius 2 is 2.21 bits per heavy atom. The molecule has 2 rings (SSSR count). The molecular formula is C13H11BrN4O. The maximum atomic E-state index is 8.85. The number of nitrogens with zero attached hydrogens (tertiary/aromatic N) is 2. The maximum absolute atomic E-state index is 8.85. The van der Waals surface area contributed by atoms with E-state index in [4.69, 9.17) is 15.7 Å². The SMILES string of the molecule is COc1cc(C#N)ccc1Nc1ncc(Br)cc1N. The van der Waals surface area contributed by atoms with Crippen LogP contribution >= 0.6 is 15.9 Å². The highest BCUT2D eigenvalue weighted by Crippen LogP contribution is 2.30. The van der Waals surface area contributed by atoms with Crippen molar-refractivity contribution < 1.29 is 4.74 Å². The molecule has 96 valence electrons. The Labute approximate surface area is 119 Å². The van der Waals surface area contributed by atoms with E-state index in [1.165, 1.54) is 0 Å². The fourth-order valence-corrected chi connectivity index (χ4v) is 1.90. The third-order valence-electron chi connectivity index (χ3n) is 2.47. The second-order valence-corrected chi connectivity index (χ2v) is 4.66. The van der Waals surface area contributed by atoms with Crippen LogP contribution in [-0.4, -0.2) is 12.1 Å². The van der Waals surface area contributed by atoms with Gasteiger partial charge in [0, 0.05) is 16.7 Å². The summed E-state index contributed by atoms with van der Waals surface area (Å²) in [4.78, 5) is 4.19. The number of nitriles is 1. The van der Waals surface area contributed by atoms with Gasteiger partial charge >= 0.3 is 0 Å². The predicted molar refractivity (Wildman–Crippen MR) is 77.3 cm³/mol. The van der Waals surface area contributed by atoms with E-state index in [0.717, 1.165) is 4.47 Å². The van der Waals surface area contributed by atoms with Gasteiger partial charge in [0.2, 0.25) is 0 Å². The predicted octanol–water partition coefficient (Wildman–Crippen LogP) is 3.05. The van der Waals surface area contributed by atoms with Crippen LogP contribution in [0.5, 0.6) is 5.75 Å².